The molecule has 2 aromatic carbocycles. The third kappa shape index (κ3) is 7.68. The molecule has 1 saturated heterocycles. The van der Waals surface area contributed by atoms with Gasteiger partial charge in [-0.25, -0.2) is 9.79 Å². The van der Waals surface area contributed by atoms with Gasteiger partial charge in [0.05, 0.1) is 18.2 Å². The number of rotatable bonds is 6. The van der Waals surface area contributed by atoms with E-state index in [9.17, 15) is 4.79 Å². The number of benzene rings is 2. The van der Waals surface area contributed by atoms with Gasteiger partial charge in [0.1, 0.15) is 0 Å². The van der Waals surface area contributed by atoms with Crippen LogP contribution in [0, 0.1) is 17.3 Å². The fourth-order valence-corrected chi connectivity index (χ4v) is 6.10. The first-order valence-corrected chi connectivity index (χ1v) is 14.8. The summed E-state index contributed by atoms with van der Waals surface area (Å²) in [5, 5.41) is 8.27. The quantitative estimate of drug-likeness (QED) is 0.223. The highest BCUT2D eigenvalue weighted by molar-refractivity contribution is 6.35. The van der Waals surface area contributed by atoms with Crippen LogP contribution >= 0.6 is 23.2 Å². The van der Waals surface area contributed by atoms with Gasteiger partial charge >= 0.3 is 5.97 Å². The number of nitrogens with zero attached hydrogens (tertiary/aromatic N) is 2. The van der Waals surface area contributed by atoms with Crippen molar-refractivity contribution in [2.75, 3.05) is 31.6 Å². The molecule has 2 aromatic rings. The first-order chi connectivity index (χ1) is 18.5. The van der Waals surface area contributed by atoms with Gasteiger partial charge in [0.15, 0.2) is 5.96 Å². The van der Waals surface area contributed by atoms with E-state index in [0.717, 1.165) is 43.3 Å². The van der Waals surface area contributed by atoms with Crippen molar-refractivity contribution in [1.29, 1.82) is 0 Å². The van der Waals surface area contributed by atoms with Crippen LogP contribution < -0.4 is 10.6 Å². The average Bonchev–Trinajstić information content (AvgIpc) is 2.90. The van der Waals surface area contributed by atoms with E-state index in [1.807, 2.05) is 18.2 Å². The summed E-state index contributed by atoms with van der Waals surface area (Å²) in [4.78, 5) is 20.3. The maximum absolute atomic E-state index is 12.6. The van der Waals surface area contributed by atoms with Crippen LogP contribution in [0.2, 0.25) is 10.0 Å². The molecular weight excluding hydrogens is 531 g/mol. The summed E-state index contributed by atoms with van der Waals surface area (Å²) < 4.78 is 5.49. The van der Waals surface area contributed by atoms with E-state index in [0.29, 0.717) is 45.3 Å². The monoisotopic (exact) mass is 572 g/mol. The minimum absolute atomic E-state index is 0.243. The molecule has 0 unspecified atom stereocenters. The molecule has 1 aliphatic heterocycles. The number of piperazine rings is 1. The van der Waals surface area contributed by atoms with E-state index in [2.05, 4.69) is 50.2 Å². The maximum atomic E-state index is 12.6. The number of nitrogens with one attached hydrogen (secondary N) is 2. The van der Waals surface area contributed by atoms with Gasteiger partial charge < -0.3 is 20.3 Å². The first-order valence-electron chi connectivity index (χ1n) is 14.1. The zero-order valence-electron chi connectivity index (χ0n) is 23.8. The zero-order chi connectivity index (χ0) is 28.2. The van der Waals surface area contributed by atoms with E-state index in [-0.39, 0.29) is 18.6 Å². The number of aliphatic imine (C=N–C) groups is 1. The predicted octanol–water partition coefficient (Wildman–Crippen LogP) is 6.92. The third-order valence-electron chi connectivity index (χ3n) is 8.67. The minimum atomic E-state index is -0.357. The van der Waals surface area contributed by atoms with Gasteiger partial charge in [-0.15, -0.1) is 0 Å². The lowest BCUT2D eigenvalue weighted by Crippen LogP contribution is -2.53. The van der Waals surface area contributed by atoms with Gasteiger partial charge in [-0.3, -0.25) is 0 Å². The third-order valence-corrected chi connectivity index (χ3v) is 9.25. The molecule has 1 heterocycles. The molecule has 6 nitrogen and oxygen atoms in total. The highest BCUT2D eigenvalue weighted by atomic mass is 35.5. The number of anilines is 1. The van der Waals surface area contributed by atoms with Gasteiger partial charge in [0, 0.05) is 47.8 Å². The van der Waals surface area contributed by atoms with E-state index in [4.69, 9.17) is 32.9 Å². The number of esters is 1. The van der Waals surface area contributed by atoms with Gasteiger partial charge in [-0.2, -0.15) is 0 Å². The number of halogens is 2. The molecule has 1 aliphatic carbocycles. The zero-order valence-corrected chi connectivity index (χ0v) is 25.3. The molecule has 4 atom stereocenters. The van der Waals surface area contributed by atoms with Crippen LogP contribution in [0.1, 0.15) is 63.4 Å². The Hall–Kier alpha value is -2.28. The molecule has 1 saturated carbocycles. The van der Waals surface area contributed by atoms with Crippen LogP contribution in [0.3, 0.4) is 0 Å². The fourth-order valence-electron chi connectivity index (χ4n) is 5.59. The van der Waals surface area contributed by atoms with Gasteiger partial charge in [0.2, 0.25) is 0 Å². The lowest BCUT2D eigenvalue weighted by molar-refractivity contribution is 0.0509. The standard InChI is InChI=1S/C31H42Cl2N4O2/c1-20-19-37(16-15-34-20)30(36-28-12-14-31(4,5)22(3)21(28)2)35-26-10-7-24(8-11-26)29(38)39-17-13-23-6-9-25(32)18-27(23)33/h6-11,18,20-22,28,34H,12-17,19H2,1-5H3,(H,35,36)/t20-,21+,22+,28+/m1/s1. The summed E-state index contributed by atoms with van der Waals surface area (Å²) in [5.41, 5.74) is 2.65. The second kappa shape index (κ2) is 12.9. The van der Waals surface area contributed by atoms with E-state index >= 15 is 0 Å². The van der Waals surface area contributed by atoms with Crippen LogP contribution in [-0.2, 0) is 11.2 Å². The summed E-state index contributed by atoms with van der Waals surface area (Å²) in [6.45, 7) is 14.7. The smallest absolute Gasteiger partial charge is 0.338 e. The molecule has 0 radical (unpaired) electrons. The van der Waals surface area contributed by atoms with E-state index in [1.54, 1.807) is 24.3 Å². The van der Waals surface area contributed by atoms with Crippen molar-refractivity contribution in [3.05, 3.63) is 63.6 Å². The Morgan fingerprint density at radius 2 is 1.90 bits per heavy atom. The maximum Gasteiger partial charge on any atom is 0.338 e. The van der Waals surface area contributed by atoms with Crippen molar-refractivity contribution in [3.8, 4) is 0 Å². The van der Waals surface area contributed by atoms with Crippen LogP contribution in [-0.4, -0.2) is 55.2 Å². The molecule has 8 heteroatoms. The lowest BCUT2D eigenvalue weighted by Gasteiger charge is -2.44. The number of carbonyl (C=O) groups is 1. The SMILES string of the molecule is C[C@@H]1[C@@H](N=C(Nc2ccc(C(=O)OCCc3ccc(Cl)cc3Cl)cc2)N2CCN[C@H](C)C2)CCC(C)(C)[C@H]1C. The molecule has 39 heavy (non-hydrogen) atoms. The Kier molecular flexibility index (Phi) is 9.84. The Labute approximate surface area is 243 Å². The highest BCUT2D eigenvalue weighted by Crippen LogP contribution is 2.44. The Balaban J connectivity index is 1.42. The molecular formula is C31H42Cl2N4O2. The number of guanidine groups is 1. The molecule has 0 spiro atoms. The van der Waals surface area contributed by atoms with Crippen LogP contribution in [0.15, 0.2) is 47.5 Å². The van der Waals surface area contributed by atoms with Crippen molar-refractivity contribution < 1.29 is 9.53 Å². The fraction of sp³-hybridized carbons (Fsp3) is 0.548. The Morgan fingerprint density at radius 1 is 1.15 bits per heavy atom. The number of ether oxygens (including phenoxy) is 1. The second-order valence-electron chi connectivity index (χ2n) is 11.8. The van der Waals surface area contributed by atoms with Crippen molar-refractivity contribution in [2.24, 2.45) is 22.2 Å². The number of carbonyl (C=O) groups excluding carboxylic acids is 1. The molecule has 0 aromatic heterocycles. The molecule has 0 amide bonds. The normalized spacial score (nSPS) is 25.3. The van der Waals surface area contributed by atoms with E-state index in [1.165, 1.54) is 6.42 Å². The number of hydrogen-bond acceptors (Lipinski definition) is 4. The summed E-state index contributed by atoms with van der Waals surface area (Å²) >= 11 is 12.2. The second-order valence-corrected chi connectivity index (χ2v) is 12.7. The summed E-state index contributed by atoms with van der Waals surface area (Å²) in [5.74, 6) is 1.67. The number of hydrogen-bond donors (Lipinski definition) is 2. The molecule has 212 valence electrons. The van der Waals surface area contributed by atoms with Crippen molar-refractivity contribution in [1.82, 2.24) is 10.2 Å². The summed E-state index contributed by atoms with van der Waals surface area (Å²) in [7, 11) is 0. The topological polar surface area (TPSA) is 66.0 Å². The van der Waals surface area contributed by atoms with Crippen molar-refractivity contribution in [2.45, 2.75) is 66.0 Å². The summed E-state index contributed by atoms with van der Waals surface area (Å²) in [6, 6.07) is 13.4. The Bertz CT molecular complexity index is 1170. The molecule has 2 aliphatic rings. The lowest BCUT2D eigenvalue weighted by atomic mass is 9.63. The van der Waals surface area contributed by atoms with Crippen LogP contribution in [0.4, 0.5) is 5.69 Å². The molecule has 4 rings (SSSR count). The molecule has 0 bridgehead atoms. The minimum Gasteiger partial charge on any atom is -0.462 e. The first kappa shape index (κ1) is 29.7. The van der Waals surface area contributed by atoms with E-state index < -0.39 is 0 Å². The van der Waals surface area contributed by atoms with Crippen LogP contribution in [0.5, 0.6) is 0 Å². The largest absolute Gasteiger partial charge is 0.462 e. The predicted molar refractivity (Wildman–Crippen MR) is 162 cm³/mol. The van der Waals surface area contributed by atoms with Gasteiger partial charge in [-0.1, -0.05) is 57.0 Å². The van der Waals surface area contributed by atoms with Crippen LogP contribution in [0.25, 0.3) is 0 Å². The Morgan fingerprint density at radius 3 is 2.59 bits per heavy atom. The van der Waals surface area contributed by atoms with Crippen molar-refractivity contribution in [3.63, 3.8) is 0 Å². The average molecular weight is 574 g/mol. The van der Waals surface area contributed by atoms with Gasteiger partial charge in [-0.05, 0) is 79.0 Å². The molecule has 2 N–H and O–H groups in total. The highest BCUT2D eigenvalue weighted by Gasteiger charge is 2.39. The van der Waals surface area contributed by atoms with Crippen molar-refractivity contribution >= 4 is 40.8 Å². The molecule has 2 fully saturated rings. The summed E-state index contributed by atoms with van der Waals surface area (Å²) in [6.07, 6.45) is 2.80. The van der Waals surface area contributed by atoms with Gasteiger partial charge in [0.25, 0.3) is 0 Å².